The molecular weight excluding hydrogens is 603 g/mol. The van der Waals surface area contributed by atoms with E-state index >= 15 is 0 Å². The third kappa shape index (κ3) is 9.17. The minimum Gasteiger partial charge on any atom is -0.508 e. The number of rotatable bonds is 6. The second kappa shape index (κ2) is 16.8. The SMILES string of the molecule is CB(O)O.CC.Oc1cccc(-c2cccc(-c3cc(-c4cccc(-c5cccnc5)c4)cc(-c4cccc(-c5cccnc5)c4)c3)c2)c1. The maximum atomic E-state index is 10.1. The van der Waals surface area contributed by atoms with E-state index in [1.54, 1.807) is 24.5 Å². The number of aromatic nitrogens is 2. The van der Waals surface area contributed by atoms with Crippen molar-refractivity contribution in [3.63, 3.8) is 0 Å². The number of hydrogen-bond donors (Lipinski definition) is 3. The molecule has 49 heavy (non-hydrogen) atoms. The molecule has 0 amide bonds. The van der Waals surface area contributed by atoms with Gasteiger partial charge in [0.05, 0.1) is 0 Å². The van der Waals surface area contributed by atoms with E-state index in [0.717, 1.165) is 66.8 Å². The van der Waals surface area contributed by atoms with Crippen LogP contribution in [0.25, 0.3) is 66.8 Å². The molecule has 0 spiro atoms. The molecule has 0 atom stereocenters. The summed E-state index contributed by atoms with van der Waals surface area (Å²) in [6.45, 7) is 5.28. The first-order valence-electron chi connectivity index (χ1n) is 16.4. The van der Waals surface area contributed by atoms with Crippen LogP contribution >= 0.6 is 0 Å². The van der Waals surface area contributed by atoms with Gasteiger partial charge in [0.2, 0.25) is 0 Å². The maximum Gasteiger partial charge on any atom is 0.448 e. The van der Waals surface area contributed by atoms with Crippen LogP contribution in [0.15, 0.2) is 164 Å². The smallest absolute Gasteiger partial charge is 0.448 e. The highest BCUT2D eigenvalue weighted by Crippen LogP contribution is 2.37. The van der Waals surface area contributed by atoms with E-state index in [0.29, 0.717) is 0 Å². The fourth-order valence-electron chi connectivity index (χ4n) is 5.52. The molecule has 7 rings (SSSR count). The third-order valence-electron chi connectivity index (χ3n) is 7.69. The summed E-state index contributed by atoms with van der Waals surface area (Å²) in [5.74, 6) is 0.259. The molecule has 2 aromatic heterocycles. The lowest BCUT2D eigenvalue weighted by molar-refractivity contribution is 0.417. The lowest BCUT2D eigenvalue weighted by Crippen LogP contribution is -2.00. The molecule has 0 fully saturated rings. The Balaban J connectivity index is 0.000000729. The summed E-state index contributed by atoms with van der Waals surface area (Å²) in [6, 6.07) is 48.1. The molecule has 0 aliphatic heterocycles. The summed E-state index contributed by atoms with van der Waals surface area (Å²) in [4.78, 5) is 8.65. The van der Waals surface area contributed by atoms with Gasteiger partial charge in [-0.1, -0.05) is 92.7 Å². The Morgan fingerprint density at radius 2 is 0.653 bits per heavy atom. The molecule has 5 aromatic carbocycles. The fourth-order valence-corrected chi connectivity index (χ4v) is 5.52. The Morgan fingerprint density at radius 3 is 0.980 bits per heavy atom. The third-order valence-corrected chi connectivity index (χ3v) is 7.69. The van der Waals surface area contributed by atoms with Gasteiger partial charge in [-0.05, 0) is 123 Å². The monoisotopic (exact) mass is 642 g/mol. The lowest BCUT2D eigenvalue weighted by Gasteiger charge is -2.14. The summed E-state index contributed by atoms with van der Waals surface area (Å²) >= 11 is 0. The number of hydrogen-bond acceptors (Lipinski definition) is 5. The molecule has 0 saturated carbocycles. The predicted molar refractivity (Wildman–Crippen MR) is 204 cm³/mol. The minimum atomic E-state index is -1.17. The normalized spacial score (nSPS) is 10.2. The zero-order valence-electron chi connectivity index (χ0n) is 27.9. The van der Waals surface area contributed by atoms with Crippen LogP contribution in [-0.4, -0.2) is 32.2 Å². The van der Waals surface area contributed by atoms with E-state index in [1.807, 2.05) is 50.5 Å². The standard InChI is InChI=1S/C40H28N2O.C2H6.CH5BO2/c43-40-16-4-13-34(25-40)28-7-1-10-31(19-28)37-22-38(32-11-2-8-29(20-32)35-14-5-17-41-26-35)24-39(23-37)33-12-3-9-30(21-33)36-15-6-18-42-27-36;1-2;1-2(3)4/h1-27,43H;1-2H3;3-4H,1H3. The van der Waals surface area contributed by atoms with Gasteiger partial charge in [-0.25, -0.2) is 0 Å². The summed E-state index contributed by atoms with van der Waals surface area (Å²) in [7, 11) is -1.17. The molecule has 6 heteroatoms. The first-order chi connectivity index (χ1) is 23.9. The Bertz CT molecular complexity index is 2000. The average Bonchev–Trinajstić information content (AvgIpc) is 3.16. The maximum absolute atomic E-state index is 10.1. The van der Waals surface area contributed by atoms with Gasteiger partial charge < -0.3 is 15.2 Å². The summed E-state index contributed by atoms with van der Waals surface area (Å²) in [6.07, 6.45) is 7.40. The lowest BCUT2D eigenvalue weighted by atomic mass is 9.90. The van der Waals surface area contributed by atoms with Crippen LogP contribution in [0.1, 0.15) is 13.8 Å². The topological polar surface area (TPSA) is 86.5 Å². The molecule has 5 nitrogen and oxygen atoms in total. The summed E-state index contributed by atoms with van der Waals surface area (Å²) < 4.78 is 0. The molecule has 2 heterocycles. The second-order valence-corrected chi connectivity index (χ2v) is 11.2. The van der Waals surface area contributed by atoms with Gasteiger partial charge in [-0.3, -0.25) is 9.97 Å². The van der Waals surface area contributed by atoms with Crippen molar-refractivity contribution in [1.29, 1.82) is 0 Å². The number of pyridine rings is 2. The Labute approximate surface area is 289 Å². The number of nitrogens with zero attached hydrogens (tertiary/aromatic N) is 2. The highest BCUT2D eigenvalue weighted by molar-refractivity contribution is 6.38. The molecule has 0 saturated heterocycles. The minimum absolute atomic E-state index is 0.259. The highest BCUT2D eigenvalue weighted by Gasteiger charge is 2.11. The quantitative estimate of drug-likeness (QED) is 0.157. The number of phenols is 1. The molecule has 0 aliphatic rings. The van der Waals surface area contributed by atoms with Crippen molar-refractivity contribution in [1.82, 2.24) is 9.97 Å². The van der Waals surface area contributed by atoms with Crippen LogP contribution in [0.2, 0.25) is 6.82 Å². The largest absolute Gasteiger partial charge is 0.508 e. The van der Waals surface area contributed by atoms with Crippen molar-refractivity contribution < 1.29 is 15.2 Å². The van der Waals surface area contributed by atoms with Gasteiger partial charge in [0, 0.05) is 35.9 Å². The first-order valence-corrected chi connectivity index (χ1v) is 16.4. The van der Waals surface area contributed by atoms with Gasteiger partial charge in [-0.2, -0.15) is 0 Å². The molecule has 242 valence electrons. The molecule has 0 radical (unpaired) electrons. The first kappa shape index (κ1) is 34.5. The van der Waals surface area contributed by atoms with Crippen LogP contribution in [0.4, 0.5) is 0 Å². The van der Waals surface area contributed by atoms with E-state index in [9.17, 15) is 5.11 Å². The van der Waals surface area contributed by atoms with Gasteiger partial charge >= 0.3 is 7.12 Å². The summed E-state index contributed by atoms with van der Waals surface area (Å²) in [5.41, 5.74) is 13.2. The van der Waals surface area contributed by atoms with E-state index < -0.39 is 7.12 Å². The van der Waals surface area contributed by atoms with Crippen LogP contribution < -0.4 is 0 Å². The van der Waals surface area contributed by atoms with Crippen LogP contribution in [-0.2, 0) is 0 Å². The number of phenolic OH excluding ortho intramolecular Hbond substituents is 1. The molecule has 0 unspecified atom stereocenters. The van der Waals surface area contributed by atoms with Gasteiger partial charge in [0.25, 0.3) is 0 Å². The molecule has 0 aliphatic carbocycles. The van der Waals surface area contributed by atoms with Gasteiger partial charge in [0.1, 0.15) is 5.75 Å². The Morgan fingerprint density at radius 1 is 0.388 bits per heavy atom. The van der Waals surface area contributed by atoms with E-state index in [1.165, 1.54) is 6.82 Å². The van der Waals surface area contributed by atoms with Crippen molar-refractivity contribution in [3.05, 3.63) is 164 Å². The number of benzene rings is 5. The molecule has 7 aromatic rings. The van der Waals surface area contributed by atoms with Crippen molar-refractivity contribution in [2.24, 2.45) is 0 Å². The molecular formula is C43H39BN2O3. The predicted octanol–water partition coefficient (Wildman–Crippen LogP) is 10.3. The van der Waals surface area contributed by atoms with Crippen molar-refractivity contribution >= 4 is 7.12 Å². The van der Waals surface area contributed by atoms with Crippen LogP contribution in [0, 0.1) is 0 Å². The van der Waals surface area contributed by atoms with Gasteiger partial charge in [0.15, 0.2) is 0 Å². The number of aromatic hydroxyl groups is 1. The van der Waals surface area contributed by atoms with E-state index in [2.05, 4.69) is 113 Å². The highest BCUT2D eigenvalue weighted by atomic mass is 16.4. The van der Waals surface area contributed by atoms with Crippen molar-refractivity contribution in [3.8, 4) is 72.5 Å². The van der Waals surface area contributed by atoms with Crippen LogP contribution in [0.5, 0.6) is 5.75 Å². The van der Waals surface area contributed by atoms with Crippen molar-refractivity contribution in [2.45, 2.75) is 20.7 Å². The van der Waals surface area contributed by atoms with E-state index in [4.69, 9.17) is 10.0 Å². The van der Waals surface area contributed by atoms with Gasteiger partial charge in [-0.15, -0.1) is 0 Å². The summed E-state index contributed by atoms with van der Waals surface area (Å²) in [5, 5.41) is 25.3. The van der Waals surface area contributed by atoms with Crippen LogP contribution in [0.3, 0.4) is 0 Å². The molecule has 0 bridgehead atoms. The Hall–Kier alpha value is -5.82. The van der Waals surface area contributed by atoms with Crippen molar-refractivity contribution in [2.75, 3.05) is 0 Å². The zero-order chi connectivity index (χ0) is 34.6. The average molecular weight is 643 g/mol. The second-order valence-electron chi connectivity index (χ2n) is 11.2. The fraction of sp³-hybridized carbons (Fsp3) is 0.0698. The molecule has 3 N–H and O–H groups in total. The Kier molecular flexibility index (Phi) is 11.9. The zero-order valence-corrected chi connectivity index (χ0v) is 27.9. The van der Waals surface area contributed by atoms with E-state index in [-0.39, 0.29) is 5.75 Å².